The standard InChI is InChI=1S/C25H48O9/c1-4-5-6-7-8-9-27-10-11-28-12-13-29-14-15-30-16-17-31-18-19-32-20-21-33-22-23-34-25(26)24(2)3/h2,4-23H2,1,3H3. The molecular formula is C25H48O9. The summed E-state index contributed by atoms with van der Waals surface area (Å²) in [6.07, 6.45) is 6.27. The van der Waals surface area contributed by atoms with Crippen molar-refractivity contribution in [3.63, 3.8) is 0 Å². The fourth-order valence-corrected chi connectivity index (χ4v) is 2.55. The van der Waals surface area contributed by atoms with Crippen molar-refractivity contribution >= 4 is 5.97 Å². The lowest BCUT2D eigenvalue weighted by atomic mass is 10.2. The number of esters is 1. The van der Waals surface area contributed by atoms with Crippen LogP contribution >= 0.6 is 0 Å². The van der Waals surface area contributed by atoms with Crippen LogP contribution in [0.5, 0.6) is 0 Å². The summed E-state index contributed by atoms with van der Waals surface area (Å²) < 4.78 is 42.9. The maximum absolute atomic E-state index is 11.1. The third-order valence-corrected chi connectivity index (χ3v) is 4.43. The van der Waals surface area contributed by atoms with Gasteiger partial charge in [-0.25, -0.2) is 4.79 Å². The minimum absolute atomic E-state index is 0.211. The lowest BCUT2D eigenvalue weighted by molar-refractivity contribution is -0.140. The van der Waals surface area contributed by atoms with E-state index in [1.54, 1.807) is 6.92 Å². The van der Waals surface area contributed by atoms with Crippen molar-refractivity contribution in [3.05, 3.63) is 12.2 Å². The Morgan fingerprint density at radius 1 is 0.500 bits per heavy atom. The van der Waals surface area contributed by atoms with Crippen molar-refractivity contribution in [2.24, 2.45) is 0 Å². The van der Waals surface area contributed by atoms with Gasteiger partial charge >= 0.3 is 5.97 Å². The van der Waals surface area contributed by atoms with E-state index < -0.39 is 5.97 Å². The number of carbonyl (C=O) groups excluding carboxylic acids is 1. The van der Waals surface area contributed by atoms with E-state index in [2.05, 4.69) is 13.5 Å². The summed E-state index contributed by atoms with van der Waals surface area (Å²) in [6, 6.07) is 0. The van der Waals surface area contributed by atoms with Crippen molar-refractivity contribution in [1.29, 1.82) is 0 Å². The summed E-state index contributed by atoms with van der Waals surface area (Å²) in [5.41, 5.74) is 0.378. The number of unbranched alkanes of at least 4 members (excludes halogenated alkanes) is 4. The lowest BCUT2D eigenvalue weighted by Gasteiger charge is -2.08. The normalized spacial score (nSPS) is 11.1. The molecule has 0 fully saturated rings. The van der Waals surface area contributed by atoms with Crippen molar-refractivity contribution in [1.82, 2.24) is 0 Å². The SMILES string of the molecule is C=C(C)C(=O)OCCOCCOCCOCCOCCOCCOCCOCCCCCCC. The molecule has 0 rings (SSSR count). The molecule has 9 heteroatoms. The van der Waals surface area contributed by atoms with E-state index in [-0.39, 0.29) is 6.61 Å². The van der Waals surface area contributed by atoms with E-state index in [1.165, 1.54) is 25.7 Å². The van der Waals surface area contributed by atoms with Crippen LogP contribution in [0.15, 0.2) is 12.2 Å². The van der Waals surface area contributed by atoms with Gasteiger partial charge in [0.15, 0.2) is 0 Å². The first kappa shape index (κ1) is 32.9. The minimum Gasteiger partial charge on any atom is -0.460 e. The molecule has 34 heavy (non-hydrogen) atoms. The maximum atomic E-state index is 11.1. The second-order valence-corrected chi connectivity index (χ2v) is 7.62. The molecule has 0 unspecified atom stereocenters. The Morgan fingerprint density at radius 3 is 1.18 bits per heavy atom. The van der Waals surface area contributed by atoms with Crippen LogP contribution in [-0.4, -0.2) is 105 Å². The van der Waals surface area contributed by atoms with Gasteiger partial charge in [0.05, 0.1) is 85.9 Å². The van der Waals surface area contributed by atoms with Crippen molar-refractivity contribution in [2.45, 2.75) is 46.0 Å². The molecule has 0 saturated heterocycles. The molecule has 202 valence electrons. The summed E-state index contributed by atoms with van der Waals surface area (Å²) in [7, 11) is 0. The Morgan fingerprint density at radius 2 is 0.824 bits per heavy atom. The third-order valence-electron chi connectivity index (χ3n) is 4.43. The van der Waals surface area contributed by atoms with Crippen LogP contribution in [0.4, 0.5) is 0 Å². The average molecular weight is 493 g/mol. The van der Waals surface area contributed by atoms with E-state index >= 15 is 0 Å². The molecule has 9 nitrogen and oxygen atoms in total. The zero-order valence-corrected chi connectivity index (χ0v) is 21.5. The molecule has 0 aliphatic carbocycles. The second-order valence-electron chi connectivity index (χ2n) is 7.62. The topological polar surface area (TPSA) is 90.9 Å². The van der Waals surface area contributed by atoms with Gasteiger partial charge in [0.1, 0.15) is 6.61 Å². The van der Waals surface area contributed by atoms with Gasteiger partial charge < -0.3 is 37.9 Å². The van der Waals surface area contributed by atoms with Gasteiger partial charge in [0.25, 0.3) is 0 Å². The number of ether oxygens (including phenoxy) is 8. The molecule has 0 radical (unpaired) electrons. The quantitative estimate of drug-likeness (QED) is 0.0927. The molecular weight excluding hydrogens is 444 g/mol. The summed E-state index contributed by atoms with van der Waals surface area (Å²) in [6.45, 7) is 15.0. The lowest BCUT2D eigenvalue weighted by Crippen LogP contribution is -2.15. The summed E-state index contributed by atoms with van der Waals surface area (Å²) in [5.74, 6) is -0.404. The molecule has 0 bridgehead atoms. The first-order chi connectivity index (χ1) is 16.7. The highest BCUT2D eigenvalue weighted by atomic mass is 16.6. The van der Waals surface area contributed by atoms with E-state index in [1.807, 2.05) is 0 Å². The molecule has 0 amide bonds. The van der Waals surface area contributed by atoms with Gasteiger partial charge in [-0.15, -0.1) is 0 Å². The van der Waals surface area contributed by atoms with Crippen LogP contribution in [0.25, 0.3) is 0 Å². The molecule has 0 N–H and O–H groups in total. The molecule has 0 heterocycles. The van der Waals surface area contributed by atoms with Gasteiger partial charge in [-0.3, -0.25) is 0 Å². The minimum atomic E-state index is -0.404. The van der Waals surface area contributed by atoms with Gasteiger partial charge in [0, 0.05) is 12.2 Å². The van der Waals surface area contributed by atoms with Gasteiger partial charge in [0.2, 0.25) is 0 Å². The fourth-order valence-electron chi connectivity index (χ4n) is 2.55. The Labute approximate surface area is 206 Å². The van der Waals surface area contributed by atoms with E-state index in [4.69, 9.17) is 37.9 Å². The predicted molar refractivity (Wildman–Crippen MR) is 130 cm³/mol. The molecule has 0 saturated carbocycles. The van der Waals surface area contributed by atoms with Gasteiger partial charge in [-0.2, -0.15) is 0 Å². The zero-order chi connectivity index (χ0) is 25.0. The number of hydrogen-bond donors (Lipinski definition) is 0. The Bertz CT molecular complexity index is 446. The summed E-state index contributed by atoms with van der Waals surface area (Å²) in [4.78, 5) is 11.1. The first-order valence-electron chi connectivity index (χ1n) is 12.5. The fraction of sp³-hybridized carbons (Fsp3) is 0.880. The van der Waals surface area contributed by atoms with Crippen LogP contribution < -0.4 is 0 Å². The van der Waals surface area contributed by atoms with E-state index in [0.29, 0.717) is 91.5 Å². The number of carbonyl (C=O) groups is 1. The van der Waals surface area contributed by atoms with Crippen LogP contribution in [-0.2, 0) is 42.7 Å². The Balaban J connectivity index is 3.05. The molecule has 0 aliphatic rings. The first-order valence-corrected chi connectivity index (χ1v) is 12.5. The van der Waals surface area contributed by atoms with Crippen LogP contribution in [0.2, 0.25) is 0 Å². The molecule has 0 atom stereocenters. The molecule has 0 aromatic carbocycles. The average Bonchev–Trinajstić information content (AvgIpc) is 2.83. The second kappa shape index (κ2) is 28.2. The number of rotatable bonds is 28. The highest BCUT2D eigenvalue weighted by Gasteiger charge is 2.01. The Hall–Kier alpha value is -1.07. The highest BCUT2D eigenvalue weighted by Crippen LogP contribution is 2.02. The zero-order valence-electron chi connectivity index (χ0n) is 21.5. The predicted octanol–water partition coefficient (Wildman–Crippen LogP) is 3.19. The van der Waals surface area contributed by atoms with Crippen LogP contribution in [0.1, 0.15) is 46.0 Å². The molecule has 0 aromatic rings. The van der Waals surface area contributed by atoms with Crippen molar-refractivity contribution < 1.29 is 42.7 Å². The maximum Gasteiger partial charge on any atom is 0.333 e. The monoisotopic (exact) mass is 492 g/mol. The van der Waals surface area contributed by atoms with E-state index in [0.717, 1.165) is 13.0 Å². The van der Waals surface area contributed by atoms with Gasteiger partial charge in [-0.1, -0.05) is 39.2 Å². The van der Waals surface area contributed by atoms with Crippen LogP contribution in [0.3, 0.4) is 0 Å². The smallest absolute Gasteiger partial charge is 0.333 e. The third kappa shape index (κ3) is 27.2. The molecule has 0 spiro atoms. The molecule has 0 aromatic heterocycles. The van der Waals surface area contributed by atoms with Crippen LogP contribution in [0, 0.1) is 0 Å². The largest absolute Gasteiger partial charge is 0.460 e. The highest BCUT2D eigenvalue weighted by molar-refractivity contribution is 5.86. The summed E-state index contributed by atoms with van der Waals surface area (Å²) in [5, 5.41) is 0. The Kier molecular flexibility index (Phi) is 27.3. The van der Waals surface area contributed by atoms with Gasteiger partial charge in [-0.05, 0) is 13.3 Å². The van der Waals surface area contributed by atoms with E-state index in [9.17, 15) is 4.79 Å². The molecule has 0 aliphatic heterocycles. The summed E-state index contributed by atoms with van der Waals surface area (Å²) >= 11 is 0. The number of hydrogen-bond acceptors (Lipinski definition) is 9. The van der Waals surface area contributed by atoms with Crippen molar-refractivity contribution in [2.75, 3.05) is 99.1 Å². The van der Waals surface area contributed by atoms with Crippen molar-refractivity contribution in [3.8, 4) is 0 Å².